The first kappa shape index (κ1) is 23.0. The first-order valence-corrected chi connectivity index (χ1v) is 10.1. The number of carbonyl (C=O) groups excluding carboxylic acids is 1. The Morgan fingerprint density at radius 3 is 2.48 bits per heavy atom. The number of amides is 1. The largest absolute Gasteiger partial charge is 0.508 e. The van der Waals surface area contributed by atoms with E-state index in [2.05, 4.69) is 4.72 Å². The number of benzene rings is 2. The number of phenolic OH excluding ortho intramolecular Hbond substituents is 1. The second kappa shape index (κ2) is 9.02. The molecule has 0 aliphatic heterocycles. The zero-order chi connectivity index (χ0) is 21.8. The molecule has 0 radical (unpaired) electrons. The van der Waals surface area contributed by atoms with Gasteiger partial charge in [0.05, 0.1) is 15.5 Å². The van der Waals surface area contributed by atoms with Gasteiger partial charge in [-0.25, -0.2) is 13.1 Å². The second-order valence-corrected chi connectivity index (χ2v) is 8.34. The number of nitrogens with zero attached hydrogens (tertiary/aromatic N) is 1. The van der Waals surface area contributed by atoms with Crippen molar-refractivity contribution in [2.75, 3.05) is 13.6 Å². The Kier molecular flexibility index (Phi) is 7.15. The van der Waals surface area contributed by atoms with E-state index in [-0.39, 0.29) is 25.3 Å². The van der Waals surface area contributed by atoms with E-state index >= 15 is 0 Å². The topological polar surface area (TPSA) is 86.7 Å². The molecule has 6 nitrogen and oxygen atoms in total. The maximum absolute atomic E-state index is 12.9. The first-order chi connectivity index (χ1) is 13.4. The Labute approximate surface area is 171 Å². The zero-order valence-electron chi connectivity index (χ0n) is 15.2. The van der Waals surface area contributed by atoms with Gasteiger partial charge >= 0.3 is 6.18 Å². The van der Waals surface area contributed by atoms with Gasteiger partial charge in [0.25, 0.3) is 0 Å². The number of alkyl halides is 3. The Morgan fingerprint density at radius 2 is 1.86 bits per heavy atom. The molecule has 0 bridgehead atoms. The molecule has 11 heteroatoms. The highest BCUT2D eigenvalue weighted by Gasteiger charge is 2.34. The van der Waals surface area contributed by atoms with Crippen LogP contribution in [0.5, 0.6) is 5.75 Å². The molecule has 29 heavy (non-hydrogen) atoms. The molecular weight excluding hydrogens is 433 g/mol. The van der Waals surface area contributed by atoms with E-state index in [9.17, 15) is 31.5 Å². The Morgan fingerprint density at radius 1 is 1.21 bits per heavy atom. The van der Waals surface area contributed by atoms with Crippen molar-refractivity contribution >= 4 is 27.5 Å². The monoisotopic (exact) mass is 450 g/mol. The lowest BCUT2D eigenvalue weighted by atomic mass is 10.2. The van der Waals surface area contributed by atoms with Gasteiger partial charge in [0, 0.05) is 32.1 Å². The molecule has 2 N–H and O–H groups in total. The third kappa shape index (κ3) is 6.09. The van der Waals surface area contributed by atoms with E-state index in [0.717, 1.165) is 12.1 Å². The number of halogens is 4. The maximum Gasteiger partial charge on any atom is 0.417 e. The van der Waals surface area contributed by atoms with Crippen molar-refractivity contribution in [1.29, 1.82) is 0 Å². The van der Waals surface area contributed by atoms with Crippen molar-refractivity contribution in [2.24, 2.45) is 0 Å². The van der Waals surface area contributed by atoms with Gasteiger partial charge < -0.3 is 10.0 Å². The summed E-state index contributed by atoms with van der Waals surface area (Å²) in [5.41, 5.74) is -0.745. The van der Waals surface area contributed by atoms with Crippen LogP contribution in [0.15, 0.2) is 47.4 Å². The maximum atomic E-state index is 12.9. The summed E-state index contributed by atoms with van der Waals surface area (Å²) in [5.74, 6) is -0.390. The lowest BCUT2D eigenvalue weighted by molar-refractivity contribution is -0.137. The summed E-state index contributed by atoms with van der Waals surface area (Å²) in [7, 11) is -2.78. The number of sulfonamides is 1. The number of hydrogen-bond donors (Lipinski definition) is 2. The van der Waals surface area contributed by atoms with Crippen LogP contribution in [0.2, 0.25) is 5.02 Å². The summed E-state index contributed by atoms with van der Waals surface area (Å²) in [4.78, 5) is 12.8. The van der Waals surface area contributed by atoms with Gasteiger partial charge in [0.15, 0.2) is 0 Å². The summed E-state index contributed by atoms with van der Waals surface area (Å²) < 4.78 is 65.3. The van der Waals surface area contributed by atoms with E-state index < -0.39 is 37.6 Å². The highest BCUT2D eigenvalue weighted by Crippen LogP contribution is 2.35. The smallest absolute Gasteiger partial charge is 0.417 e. The molecule has 0 saturated heterocycles. The lowest BCUT2D eigenvalue weighted by Gasteiger charge is -2.18. The summed E-state index contributed by atoms with van der Waals surface area (Å²) >= 11 is 5.49. The quantitative estimate of drug-likeness (QED) is 0.677. The molecule has 2 aromatic rings. The molecule has 0 fully saturated rings. The van der Waals surface area contributed by atoms with E-state index in [1.165, 1.54) is 18.0 Å². The number of carbonyl (C=O) groups is 1. The number of nitrogens with one attached hydrogen (secondary N) is 1. The third-order valence-electron chi connectivity index (χ3n) is 4.01. The Balaban J connectivity index is 1.99. The zero-order valence-corrected chi connectivity index (χ0v) is 16.8. The van der Waals surface area contributed by atoms with Crippen LogP contribution in [0, 0.1) is 0 Å². The molecule has 0 aromatic heterocycles. The van der Waals surface area contributed by atoms with Crippen LogP contribution in [0.3, 0.4) is 0 Å². The van der Waals surface area contributed by atoms with E-state index in [1.807, 2.05) is 0 Å². The predicted octanol–water partition coefficient (Wildman–Crippen LogP) is 3.39. The molecule has 1 amide bonds. The molecule has 0 heterocycles. The minimum Gasteiger partial charge on any atom is -0.508 e. The number of hydrogen-bond acceptors (Lipinski definition) is 4. The molecule has 0 unspecified atom stereocenters. The van der Waals surface area contributed by atoms with E-state index in [0.29, 0.717) is 11.6 Å². The molecule has 2 rings (SSSR count). The van der Waals surface area contributed by atoms with Crippen LogP contribution in [-0.4, -0.2) is 37.9 Å². The van der Waals surface area contributed by atoms with Crippen LogP contribution < -0.4 is 4.72 Å². The van der Waals surface area contributed by atoms with E-state index in [1.54, 1.807) is 18.2 Å². The van der Waals surface area contributed by atoms with Gasteiger partial charge in [0.2, 0.25) is 15.9 Å². The number of aromatic hydroxyl groups is 1. The number of phenols is 1. The van der Waals surface area contributed by atoms with Gasteiger partial charge in [-0.15, -0.1) is 0 Å². The van der Waals surface area contributed by atoms with Gasteiger partial charge in [-0.05, 0) is 24.3 Å². The average molecular weight is 451 g/mol. The SMILES string of the molecule is CN(Cc1ccccc1O)C(=O)CCNS(=O)(=O)c1ccc(Cl)c(C(F)(F)F)c1. The molecule has 0 atom stereocenters. The average Bonchev–Trinajstić information content (AvgIpc) is 2.62. The summed E-state index contributed by atoms with van der Waals surface area (Å²) in [5, 5.41) is 9.12. The van der Waals surface area contributed by atoms with Gasteiger partial charge in [0.1, 0.15) is 5.75 Å². The van der Waals surface area contributed by atoms with Gasteiger partial charge in [-0.2, -0.15) is 13.2 Å². The van der Waals surface area contributed by atoms with Crippen LogP contribution in [0.1, 0.15) is 17.5 Å². The highest BCUT2D eigenvalue weighted by atomic mass is 35.5. The summed E-state index contributed by atoms with van der Waals surface area (Å²) in [6.07, 6.45) is -5.02. The molecule has 158 valence electrons. The fourth-order valence-corrected chi connectivity index (χ4v) is 3.73. The predicted molar refractivity (Wildman–Crippen MR) is 101 cm³/mol. The molecule has 0 spiro atoms. The normalized spacial score (nSPS) is 12.0. The second-order valence-electron chi connectivity index (χ2n) is 6.17. The molecule has 2 aromatic carbocycles. The summed E-state index contributed by atoms with van der Waals surface area (Å²) in [6, 6.07) is 8.69. The Bertz CT molecular complexity index is 997. The van der Waals surface area contributed by atoms with Crippen molar-refractivity contribution in [3.05, 3.63) is 58.6 Å². The number of para-hydroxylation sites is 1. The fraction of sp³-hybridized carbons (Fsp3) is 0.278. The third-order valence-corrected chi connectivity index (χ3v) is 5.80. The van der Waals surface area contributed by atoms with Crippen molar-refractivity contribution in [3.8, 4) is 5.75 Å². The standard InChI is InChI=1S/C18H18ClF3N2O4S/c1-24(11-12-4-2-3-5-16(12)25)17(26)8-9-23-29(27,28)13-6-7-15(19)14(10-13)18(20,21)22/h2-7,10,23,25H,8-9,11H2,1H3. The minimum absolute atomic E-state index is 0.0241. The van der Waals surface area contributed by atoms with Gasteiger partial charge in [-0.1, -0.05) is 29.8 Å². The molecule has 0 saturated carbocycles. The first-order valence-electron chi connectivity index (χ1n) is 8.29. The highest BCUT2D eigenvalue weighted by molar-refractivity contribution is 7.89. The van der Waals surface area contributed by atoms with E-state index in [4.69, 9.17) is 11.6 Å². The molecule has 0 aliphatic carbocycles. The molecular formula is C18H18ClF3N2O4S. The van der Waals surface area contributed by atoms with Crippen LogP contribution in [0.25, 0.3) is 0 Å². The van der Waals surface area contributed by atoms with Crippen molar-refractivity contribution in [1.82, 2.24) is 9.62 Å². The van der Waals surface area contributed by atoms with Crippen LogP contribution >= 0.6 is 11.6 Å². The summed E-state index contributed by atoms with van der Waals surface area (Å²) in [6.45, 7) is -0.194. The molecule has 0 aliphatic rings. The Hall–Kier alpha value is -2.30. The minimum atomic E-state index is -4.80. The van der Waals surface area contributed by atoms with Crippen LogP contribution in [0.4, 0.5) is 13.2 Å². The van der Waals surface area contributed by atoms with Crippen molar-refractivity contribution < 1.29 is 31.5 Å². The van der Waals surface area contributed by atoms with Crippen molar-refractivity contribution in [3.63, 3.8) is 0 Å². The van der Waals surface area contributed by atoms with Crippen molar-refractivity contribution in [2.45, 2.75) is 24.0 Å². The van der Waals surface area contributed by atoms with Gasteiger partial charge in [-0.3, -0.25) is 4.79 Å². The van der Waals surface area contributed by atoms with Crippen LogP contribution in [-0.2, 0) is 27.5 Å². The lowest BCUT2D eigenvalue weighted by Crippen LogP contribution is -2.32. The fourth-order valence-electron chi connectivity index (χ4n) is 2.44. The number of rotatable bonds is 7.